The van der Waals surface area contributed by atoms with Gasteiger partial charge in [0.1, 0.15) is 17.8 Å². The van der Waals surface area contributed by atoms with Gasteiger partial charge in [0.25, 0.3) is 0 Å². The largest absolute Gasteiger partial charge is 0.383 e. The fourth-order valence-electron chi connectivity index (χ4n) is 1.96. The topological polar surface area (TPSA) is 56.7 Å². The van der Waals surface area contributed by atoms with Crippen molar-refractivity contribution in [1.29, 1.82) is 0 Å². The number of aryl methyl sites for hydroxylation is 1. The minimum absolute atomic E-state index is 0.0531. The molecule has 0 spiro atoms. The predicted molar refractivity (Wildman–Crippen MR) is 66.3 cm³/mol. The van der Waals surface area contributed by atoms with Crippen molar-refractivity contribution in [2.45, 2.75) is 39.7 Å². The fraction of sp³-hybridized carbons (Fsp3) is 0.500. The van der Waals surface area contributed by atoms with E-state index in [1.807, 2.05) is 0 Å². The predicted octanol–water partition coefficient (Wildman–Crippen LogP) is 2.33. The van der Waals surface area contributed by atoms with Crippen molar-refractivity contribution in [3.63, 3.8) is 0 Å². The summed E-state index contributed by atoms with van der Waals surface area (Å²) in [5.41, 5.74) is 8.15. The number of hydrogen-bond donors (Lipinski definition) is 1. The molecule has 0 radical (unpaired) electrons. The van der Waals surface area contributed by atoms with E-state index in [-0.39, 0.29) is 5.41 Å². The van der Waals surface area contributed by atoms with E-state index >= 15 is 0 Å². The van der Waals surface area contributed by atoms with Gasteiger partial charge in [0, 0.05) is 12.7 Å². The van der Waals surface area contributed by atoms with Crippen LogP contribution in [-0.2, 0) is 12.0 Å². The Labute approximate surface area is 95.5 Å². The summed E-state index contributed by atoms with van der Waals surface area (Å²) in [6.07, 6.45) is 3.66. The molecule has 2 rings (SSSR count). The number of rotatable bonds is 1. The maximum atomic E-state index is 5.96. The number of fused-ring (bicyclic) bond motifs is 1. The Morgan fingerprint density at radius 2 is 2.00 bits per heavy atom. The molecule has 2 aromatic rings. The molecule has 0 aromatic carbocycles. The molecule has 0 bridgehead atoms. The maximum Gasteiger partial charge on any atom is 0.145 e. The third-order valence-electron chi connectivity index (χ3n) is 2.83. The highest BCUT2D eigenvalue weighted by Gasteiger charge is 2.22. The first-order valence-electron chi connectivity index (χ1n) is 5.55. The van der Waals surface area contributed by atoms with Gasteiger partial charge in [0.05, 0.1) is 5.39 Å². The van der Waals surface area contributed by atoms with Crippen LogP contribution >= 0.6 is 0 Å². The lowest BCUT2D eigenvalue weighted by Gasteiger charge is -2.17. The molecule has 2 N–H and O–H groups in total. The summed E-state index contributed by atoms with van der Waals surface area (Å²) in [4.78, 5) is 8.40. The van der Waals surface area contributed by atoms with Crippen LogP contribution in [0.1, 0.15) is 33.3 Å². The molecule has 16 heavy (non-hydrogen) atoms. The molecule has 2 heterocycles. The van der Waals surface area contributed by atoms with E-state index < -0.39 is 0 Å². The first-order chi connectivity index (χ1) is 7.45. The van der Waals surface area contributed by atoms with Crippen molar-refractivity contribution in [3.05, 3.63) is 18.1 Å². The normalized spacial score (nSPS) is 12.2. The van der Waals surface area contributed by atoms with Gasteiger partial charge >= 0.3 is 0 Å². The molecule has 2 aromatic heterocycles. The third kappa shape index (κ3) is 1.54. The Hall–Kier alpha value is -1.58. The van der Waals surface area contributed by atoms with E-state index in [9.17, 15) is 0 Å². The van der Waals surface area contributed by atoms with Crippen molar-refractivity contribution in [1.82, 2.24) is 14.5 Å². The third-order valence-corrected chi connectivity index (χ3v) is 2.83. The summed E-state index contributed by atoms with van der Waals surface area (Å²) in [5, 5.41) is 0.997. The van der Waals surface area contributed by atoms with Gasteiger partial charge in [-0.15, -0.1) is 0 Å². The summed E-state index contributed by atoms with van der Waals surface area (Å²) in [5.74, 6) is 0.571. The van der Waals surface area contributed by atoms with E-state index in [2.05, 4.69) is 48.4 Å². The van der Waals surface area contributed by atoms with Gasteiger partial charge in [-0.1, -0.05) is 20.8 Å². The lowest BCUT2D eigenvalue weighted by Crippen LogP contribution is -2.11. The van der Waals surface area contributed by atoms with Crippen LogP contribution in [0.2, 0.25) is 0 Å². The van der Waals surface area contributed by atoms with E-state index in [1.165, 1.54) is 11.9 Å². The van der Waals surface area contributed by atoms with Gasteiger partial charge < -0.3 is 10.3 Å². The molecule has 0 unspecified atom stereocenters. The van der Waals surface area contributed by atoms with Crippen LogP contribution < -0.4 is 5.73 Å². The summed E-state index contributed by atoms with van der Waals surface area (Å²) in [6.45, 7) is 9.52. The summed E-state index contributed by atoms with van der Waals surface area (Å²) in [6, 6.07) is 0. The van der Waals surface area contributed by atoms with Crippen LogP contribution in [-0.4, -0.2) is 14.5 Å². The average Bonchev–Trinajstić information content (AvgIpc) is 2.57. The Balaban J connectivity index is 2.85. The molecule has 86 valence electrons. The zero-order valence-corrected chi connectivity index (χ0v) is 10.3. The van der Waals surface area contributed by atoms with Crippen molar-refractivity contribution >= 4 is 16.9 Å². The number of nitrogens with two attached hydrogens (primary N) is 1. The SMILES string of the molecule is CCn1cc(C(C)(C)C)c2c(N)ncnc21. The molecule has 0 aliphatic heterocycles. The molecular weight excluding hydrogens is 200 g/mol. The summed E-state index contributed by atoms with van der Waals surface area (Å²) < 4.78 is 2.12. The van der Waals surface area contributed by atoms with Crippen LogP contribution in [0.15, 0.2) is 12.5 Å². The maximum absolute atomic E-state index is 5.96. The van der Waals surface area contributed by atoms with E-state index in [0.29, 0.717) is 5.82 Å². The highest BCUT2D eigenvalue weighted by molar-refractivity contribution is 5.90. The first kappa shape index (κ1) is 10.9. The minimum Gasteiger partial charge on any atom is -0.383 e. The van der Waals surface area contributed by atoms with Gasteiger partial charge in [-0.3, -0.25) is 0 Å². The number of anilines is 1. The van der Waals surface area contributed by atoms with Crippen molar-refractivity contribution in [2.75, 3.05) is 5.73 Å². The Kier molecular flexibility index (Phi) is 2.37. The van der Waals surface area contributed by atoms with Crippen LogP contribution in [0, 0.1) is 0 Å². The van der Waals surface area contributed by atoms with E-state index in [1.54, 1.807) is 0 Å². The van der Waals surface area contributed by atoms with Gasteiger partial charge in [-0.25, -0.2) is 9.97 Å². The lowest BCUT2D eigenvalue weighted by molar-refractivity contribution is 0.591. The minimum atomic E-state index is 0.0531. The second-order valence-electron chi connectivity index (χ2n) is 5.04. The molecule has 0 aliphatic carbocycles. The molecule has 0 fully saturated rings. The van der Waals surface area contributed by atoms with Gasteiger partial charge in [-0.2, -0.15) is 0 Å². The second kappa shape index (κ2) is 3.47. The fourth-order valence-corrected chi connectivity index (χ4v) is 1.96. The van der Waals surface area contributed by atoms with Crippen LogP contribution in [0.5, 0.6) is 0 Å². The van der Waals surface area contributed by atoms with Gasteiger partial charge in [0.15, 0.2) is 0 Å². The van der Waals surface area contributed by atoms with Crippen LogP contribution in [0.3, 0.4) is 0 Å². The van der Waals surface area contributed by atoms with Crippen LogP contribution in [0.4, 0.5) is 5.82 Å². The molecular formula is C12H18N4. The monoisotopic (exact) mass is 218 g/mol. The zero-order chi connectivity index (χ0) is 11.9. The second-order valence-corrected chi connectivity index (χ2v) is 5.04. The highest BCUT2D eigenvalue weighted by atomic mass is 15.1. The van der Waals surface area contributed by atoms with Gasteiger partial charge in [-0.05, 0) is 17.9 Å². The Bertz CT molecular complexity index is 520. The molecule has 0 aliphatic rings. The highest BCUT2D eigenvalue weighted by Crippen LogP contribution is 2.33. The van der Waals surface area contributed by atoms with Crippen molar-refractivity contribution in [3.8, 4) is 0 Å². The van der Waals surface area contributed by atoms with E-state index in [0.717, 1.165) is 17.6 Å². The van der Waals surface area contributed by atoms with Crippen LogP contribution in [0.25, 0.3) is 11.0 Å². The average molecular weight is 218 g/mol. The Morgan fingerprint density at radius 1 is 1.31 bits per heavy atom. The lowest BCUT2D eigenvalue weighted by atomic mass is 9.87. The molecule has 4 heteroatoms. The zero-order valence-electron chi connectivity index (χ0n) is 10.3. The standard InChI is InChI=1S/C12H18N4/c1-5-16-6-8(12(2,3)4)9-10(13)14-7-15-11(9)16/h6-7H,5H2,1-4H3,(H2,13,14,15). The summed E-state index contributed by atoms with van der Waals surface area (Å²) in [7, 11) is 0. The Morgan fingerprint density at radius 3 is 2.56 bits per heavy atom. The molecule has 0 saturated heterocycles. The van der Waals surface area contributed by atoms with Crippen molar-refractivity contribution < 1.29 is 0 Å². The number of nitrogens with zero attached hydrogens (tertiary/aromatic N) is 3. The smallest absolute Gasteiger partial charge is 0.145 e. The number of hydrogen-bond acceptors (Lipinski definition) is 3. The molecule has 0 saturated carbocycles. The number of nitrogen functional groups attached to an aromatic ring is 1. The molecule has 4 nitrogen and oxygen atoms in total. The first-order valence-corrected chi connectivity index (χ1v) is 5.55. The number of aromatic nitrogens is 3. The molecule has 0 amide bonds. The summed E-state index contributed by atoms with van der Waals surface area (Å²) >= 11 is 0. The van der Waals surface area contributed by atoms with Crippen molar-refractivity contribution in [2.24, 2.45) is 0 Å². The quantitative estimate of drug-likeness (QED) is 0.799. The van der Waals surface area contributed by atoms with Gasteiger partial charge in [0.2, 0.25) is 0 Å². The van der Waals surface area contributed by atoms with E-state index in [4.69, 9.17) is 5.73 Å². The molecule has 0 atom stereocenters.